The highest BCUT2D eigenvalue weighted by atomic mass is 16.5. The van der Waals surface area contributed by atoms with Gasteiger partial charge in [0.05, 0.1) is 12.8 Å². The number of aryl methyl sites for hydroxylation is 1. The maximum atomic E-state index is 12.6. The van der Waals surface area contributed by atoms with Crippen molar-refractivity contribution < 1.29 is 14.3 Å². The largest absolute Gasteiger partial charge is 0.495 e. The molecule has 1 aromatic rings. The first kappa shape index (κ1) is 18.0. The van der Waals surface area contributed by atoms with Crippen LogP contribution in [0.4, 0.5) is 5.69 Å². The van der Waals surface area contributed by atoms with Gasteiger partial charge in [0.15, 0.2) is 0 Å². The fourth-order valence-electron chi connectivity index (χ4n) is 3.11. The summed E-state index contributed by atoms with van der Waals surface area (Å²) in [6.45, 7) is 8.81. The molecule has 1 atom stereocenters. The van der Waals surface area contributed by atoms with Crippen LogP contribution < -0.4 is 10.1 Å². The molecule has 1 aliphatic rings. The lowest BCUT2D eigenvalue weighted by molar-refractivity contribution is -0.128. The molecule has 0 aromatic heterocycles. The van der Waals surface area contributed by atoms with Crippen LogP contribution in [0.1, 0.15) is 25.3 Å². The van der Waals surface area contributed by atoms with Crippen molar-refractivity contribution in [2.24, 2.45) is 11.8 Å². The molecule has 1 aromatic carbocycles. The number of ether oxygens (including phenoxy) is 1. The summed E-state index contributed by atoms with van der Waals surface area (Å²) in [4.78, 5) is 26.0. The lowest BCUT2D eigenvalue weighted by atomic mass is 9.84. The van der Waals surface area contributed by atoms with E-state index in [0.29, 0.717) is 24.5 Å². The first-order valence-corrected chi connectivity index (χ1v) is 8.33. The van der Waals surface area contributed by atoms with Gasteiger partial charge in [-0.1, -0.05) is 19.6 Å². The number of methoxy groups -OCH3 is 1. The smallest absolute Gasteiger partial charge is 0.245 e. The first-order chi connectivity index (χ1) is 11.5. The molecule has 24 heavy (non-hydrogen) atoms. The van der Waals surface area contributed by atoms with E-state index in [1.165, 1.54) is 6.08 Å². The Kier molecular flexibility index (Phi) is 6.01. The van der Waals surface area contributed by atoms with Crippen LogP contribution in [0.3, 0.4) is 0 Å². The zero-order valence-corrected chi connectivity index (χ0v) is 14.7. The van der Waals surface area contributed by atoms with Gasteiger partial charge in [0, 0.05) is 19.0 Å². The standard InChI is InChI=1S/C19H26N2O3/c1-5-18(22)21-10-8-15(9-11-21)14(3)19(23)20-16-7-6-13(2)12-17(16)24-4/h5-7,12,14-15H,1,8-11H2,2-4H3,(H,20,23). The Morgan fingerprint density at radius 1 is 1.38 bits per heavy atom. The third-order valence-corrected chi connectivity index (χ3v) is 4.76. The van der Waals surface area contributed by atoms with E-state index in [1.54, 1.807) is 12.0 Å². The molecule has 0 spiro atoms. The van der Waals surface area contributed by atoms with E-state index in [9.17, 15) is 9.59 Å². The highest BCUT2D eigenvalue weighted by Gasteiger charge is 2.29. The number of hydrogen-bond donors (Lipinski definition) is 1. The fraction of sp³-hybridized carbons (Fsp3) is 0.474. The molecule has 1 saturated heterocycles. The van der Waals surface area contributed by atoms with Crippen LogP contribution >= 0.6 is 0 Å². The number of rotatable bonds is 5. The second-order valence-corrected chi connectivity index (χ2v) is 6.35. The van der Waals surface area contributed by atoms with Gasteiger partial charge in [-0.15, -0.1) is 0 Å². The maximum absolute atomic E-state index is 12.6. The van der Waals surface area contributed by atoms with Crippen molar-refractivity contribution in [1.29, 1.82) is 0 Å². The summed E-state index contributed by atoms with van der Waals surface area (Å²) < 4.78 is 5.34. The van der Waals surface area contributed by atoms with Gasteiger partial charge < -0.3 is 15.0 Å². The number of likely N-dealkylation sites (tertiary alicyclic amines) is 1. The topological polar surface area (TPSA) is 58.6 Å². The second kappa shape index (κ2) is 7.99. The summed E-state index contributed by atoms with van der Waals surface area (Å²) in [5.74, 6) is 0.787. The molecule has 5 heteroatoms. The van der Waals surface area contributed by atoms with E-state index in [-0.39, 0.29) is 23.7 Å². The monoisotopic (exact) mass is 330 g/mol. The summed E-state index contributed by atoms with van der Waals surface area (Å²) in [7, 11) is 1.60. The van der Waals surface area contributed by atoms with Gasteiger partial charge in [0.2, 0.25) is 11.8 Å². The lowest BCUT2D eigenvalue weighted by Gasteiger charge is -2.34. The molecule has 2 amide bonds. The Morgan fingerprint density at radius 3 is 2.62 bits per heavy atom. The summed E-state index contributed by atoms with van der Waals surface area (Å²) in [6.07, 6.45) is 3.01. The van der Waals surface area contributed by atoms with Gasteiger partial charge in [-0.05, 0) is 49.5 Å². The average Bonchev–Trinajstić information content (AvgIpc) is 2.61. The molecule has 2 rings (SSSR count). The molecule has 0 radical (unpaired) electrons. The molecule has 130 valence electrons. The normalized spacial score (nSPS) is 16.4. The number of anilines is 1. The maximum Gasteiger partial charge on any atom is 0.245 e. The number of piperidine rings is 1. The van der Waals surface area contributed by atoms with Crippen molar-refractivity contribution in [1.82, 2.24) is 4.90 Å². The number of nitrogens with one attached hydrogen (secondary N) is 1. The van der Waals surface area contributed by atoms with Crippen LogP contribution in [0.5, 0.6) is 5.75 Å². The number of carbonyl (C=O) groups excluding carboxylic acids is 2. The van der Waals surface area contributed by atoms with Crippen molar-refractivity contribution >= 4 is 17.5 Å². The zero-order chi connectivity index (χ0) is 17.7. The minimum Gasteiger partial charge on any atom is -0.495 e. The number of benzene rings is 1. The third kappa shape index (κ3) is 4.16. The lowest BCUT2D eigenvalue weighted by Crippen LogP contribution is -2.40. The van der Waals surface area contributed by atoms with Crippen LogP contribution in [0.25, 0.3) is 0 Å². The van der Waals surface area contributed by atoms with Crippen LogP contribution in [0.15, 0.2) is 30.9 Å². The van der Waals surface area contributed by atoms with E-state index in [0.717, 1.165) is 18.4 Å². The second-order valence-electron chi connectivity index (χ2n) is 6.35. The number of nitrogens with zero attached hydrogens (tertiary/aromatic N) is 1. The minimum atomic E-state index is -0.114. The number of carbonyl (C=O) groups is 2. The van der Waals surface area contributed by atoms with Gasteiger partial charge in [0.25, 0.3) is 0 Å². The summed E-state index contributed by atoms with van der Waals surface area (Å²) in [5.41, 5.74) is 1.77. The first-order valence-electron chi connectivity index (χ1n) is 8.33. The fourth-order valence-corrected chi connectivity index (χ4v) is 3.11. The summed E-state index contributed by atoms with van der Waals surface area (Å²) in [5, 5.41) is 2.97. The van der Waals surface area contributed by atoms with Crippen molar-refractivity contribution in [2.45, 2.75) is 26.7 Å². The molecular weight excluding hydrogens is 304 g/mol. The third-order valence-electron chi connectivity index (χ3n) is 4.76. The summed E-state index contributed by atoms with van der Waals surface area (Å²) in [6, 6.07) is 5.71. The van der Waals surface area contributed by atoms with Crippen molar-refractivity contribution in [3.63, 3.8) is 0 Å². The Bertz CT molecular complexity index is 619. The number of amides is 2. The van der Waals surface area contributed by atoms with Crippen LogP contribution in [0, 0.1) is 18.8 Å². The molecule has 1 fully saturated rings. The molecule has 0 aliphatic carbocycles. The van der Waals surface area contributed by atoms with Crippen LogP contribution in [0.2, 0.25) is 0 Å². The Labute approximate surface area is 143 Å². The molecule has 1 N–H and O–H groups in total. The molecule has 0 saturated carbocycles. The molecule has 1 heterocycles. The van der Waals surface area contributed by atoms with E-state index in [1.807, 2.05) is 32.0 Å². The van der Waals surface area contributed by atoms with Crippen LogP contribution in [-0.2, 0) is 9.59 Å². The van der Waals surface area contributed by atoms with Crippen molar-refractivity contribution in [2.75, 3.05) is 25.5 Å². The van der Waals surface area contributed by atoms with Gasteiger partial charge in [-0.2, -0.15) is 0 Å². The van der Waals surface area contributed by atoms with Gasteiger partial charge >= 0.3 is 0 Å². The Balaban J connectivity index is 1.96. The van der Waals surface area contributed by atoms with Gasteiger partial charge in [0.1, 0.15) is 5.75 Å². The summed E-state index contributed by atoms with van der Waals surface area (Å²) >= 11 is 0. The quantitative estimate of drug-likeness (QED) is 0.844. The predicted molar refractivity (Wildman–Crippen MR) is 95.0 cm³/mol. The highest BCUT2D eigenvalue weighted by molar-refractivity contribution is 5.94. The predicted octanol–water partition coefficient (Wildman–Crippen LogP) is 3.00. The molecule has 1 aliphatic heterocycles. The molecule has 1 unspecified atom stereocenters. The Morgan fingerprint density at radius 2 is 2.04 bits per heavy atom. The highest BCUT2D eigenvalue weighted by Crippen LogP contribution is 2.29. The molecule has 0 bridgehead atoms. The molecular formula is C19H26N2O3. The van der Waals surface area contributed by atoms with Crippen molar-refractivity contribution in [3.05, 3.63) is 36.4 Å². The van der Waals surface area contributed by atoms with Gasteiger partial charge in [-0.25, -0.2) is 0 Å². The zero-order valence-electron chi connectivity index (χ0n) is 14.7. The molecule has 5 nitrogen and oxygen atoms in total. The average molecular weight is 330 g/mol. The number of hydrogen-bond acceptors (Lipinski definition) is 3. The van der Waals surface area contributed by atoms with E-state index in [2.05, 4.69) is 11.9 Å². The van der Waals surface area contributed by atoms with E-state index >= 15 is 0 Å². The van der Waals surface area contributed by atoms with E-state index < -0.39 is 0 Å². The van der Waals surface area contributed by atoms with Crippen molar-refractivity contribution in [3.8, 4) is 5.75 Å². The van der Waals surface area contributed by atoms with E-state index in [4.69, 9.17) is 4.74 Å². The van der Waals surface area contributed by atoms with Crippen LogP contribution in [-0.4, -0.2) is 36.9 Å². The van der Waals surface area contributed by atoms with Gasteiger partial charge in [-0.3, -0.25) is 9.59 Å². The SMILES string of the molecule is C=CC(=O)N1CCC(C(C)C(=O)Nc2ccc(C)cc2OC)CC1. The minimum absolute atomic E-state index is 0.00866. The Hall–Kier alpha value is -2.30.